The quantitative estimate of drug-likeness (QED) is 0.897. The summed E-state index contributed by atoms with van der Waals surface area (Å²) in [4.78, 5) is 4.36. The first-order valence-corrected chi connectivity index (χ1v) is 5.58. The van der Waals surface area contributed by atoms with Crippen LogP contribution in [0.5, 0.6) is 11.5 Å². The van der Waals surface area contributed by atoms with Crippen LogP contribution in [-0.4, -0.2) is 19.2 Å². The van der Waals surface area contributed by atoms with Gasteiger partial charge in [0.15, 0.2) is 0 Å². The van der Waals surface area contributed by atoms with E-state index in [1.54, 1.807) is 14.2 Å². The number of ether oxygens (including phenoxy) is 2. The number of rotatable bonds is 4. The average molecular weight is 248 g/mol. The summed E-state index contributed by atoms with van der Waals surface area (Å²) >= 11 is 0. The molecule has 0 atom stereocenters. The van der Waals surface area contributed by atoms with Crippen molar-refractivity contribution in [3.8, 4) is 23.0 Å². The summed E-state index contributed by atoms with van der Waals surface area (Å²) in [6, 6.07) is 5.46. The van der Waals surface area contributed by atoms with E-state index in [1.807, 2.05) is 25.1 Å². The van der Waals surface area contributed by atoms with Crippen molar-refractivity contribution >= 4 is 0 Å². The van der Waals surface area contributed by atoms with Gasteiger partial charge in [-0.3, -0.25) is 0 Å². The third-order valence-electron chi connectivity index (χ3n) is 2.72. The minimum absolute atomic E-state index is 0.349. The number of benzene rings is 1. The first-order chi connectivity index (χ1) is 8.69. The Morgan fingerprint density at radius 3 is 2.61 bits per heavy atom. The van der Waals surface area contributed by atoms with Gasteiger partial charge in [0.2, 0.25) is 5.89 Å². The molecule has 0 fully saturated rings. The topological polar surface area (TPSA) is 70.5 Å². The number of methoxy groups -OCH3 is 2. The van der Waals surface area contributed by atoms with Gasteiger partial charge in [-0.2, -0.15) is 0 Å². The van der Waals surface area contributed by atoms with Gasteiger partial charge in [-0.15, -0.1) is 0 Å². The van der Waals surface area contributed by atoms with Gasteiger partial charge in [-0.25, -0.2) is 4.98 Å². The van der Waals surface area contributed by atoms with Crippen molar-refractivity contribution in [2.45, 2.75) is 13.5 Å². The van der Waals surface area contributed by atoms with E-state index in [0.29, 0.717) is 18.2 Å². The van der Waals surface area contributed by atoms with Gasteiger partial charge in [0.05, 0.1) is 25.5 Å². The molecule has 0 saturated carbocycles. The number of oxazole rings is 1. The number of hydrogen-bond donors (Lipinski definition) is 1. The molecule has 0 aliphatic carbocycles. The second-order valence-electron chi connectivity index (χ2n) is 3.79. The molecular weight excluding hydrogens is 232 g/mol. The highest BCUT2D eigenvalue weighted by Gasteiger charge is 2.15. The Balaban J connectivity index is 2.53. The van der Waals surface area contributed by atoms with Crippen LogP contribution >= 0.6 is 0 Å². The zero-order chi connectivity index (χ0) is 13.1. The summed E-state index contributed by atoms with van der Waals surface area (Å²) in [5.41, 5.74) is 7.09. The lowest BCUT2D eigenvalue weighted by molar-refractivity contribution is 0.402. The third kappa shape index (κ3) is 2.17. The van der Waals surface area contributed by atoms with Crippen molar-refractivity contribution in [3.05, 3.63) is 29.7 Å². The summed E-state index contributed by atoms with van der Waals surface area (Å²) in [6.07, 6.45) is 0. The molecule has 18 heavy (non-hydrogen) atoms. The first kappa shape index (κ1) is 12.4. The van der Waals surface area contributed by atoms with Crippen molar-refractivity contribution < 1.29 is 13.9 Å². The van der Waals surface area contributed by atoms with E-state index >= 15 is 0 Å². The highest BCUT2D eigenvalue weighted by molar-refractivity contribution is 5.65. The van der Waals surface area contributed by atoms with Crippen molar-refractivity contribution in [2.75, 3.05) is 14.2 Å². The van der Waals surface area contributed by atoms with Gasteiger partial charge in [0, 0.05) is 6.54 Å². The maximum absolute atomic E-state index is 5.61. The van der Waals surface area contributed by atoms with E-state index in [-0.39, 0.29) is 0 Å². The molecule has 0 saturated heterocycles. The van der Waals surface area contributed by atoms with Crippen LogP contribution < -0.4 is 15.2 Å². The second-order valence-corrected chi connectivity index (χ2v) is 3.79. The van der Waals surface area contributed by atoms with Crippen LogP contribution in [-0.2, 0) is 6.54 Å². The Labute approximate surface area is 106 Å². The maximum atomic E-state index is 5.61. The molecule has 5 nitrogen and oxygen atoms in total. The average Bonchev–Trinajstić information content (AvgIpc) is 2.79. The molecule has 5 heteroatoms. The molecule has 1 heterocycles. The highest BCUT2D eigenvalue weighted by Crippen LogP contribution is 2.33. The minimum Gasteiger partial charge on any atom is -0.497 e. The Morgan fingerprint density at radius 2 is 2.06 bits per heavy atom. The van der Waals surface area contributed by atoms with Crippen molar-refractivity contribution in [2.24, 2.45) is 5.73 Å². The fourth-order valence-electron chi connectivity index (χ4n) is 1.71. The van der Waals surface area contributed by atoms with Crippen LogP contribution in [0, 0.1) is 6.92 Å². The largest absolute Gasteiger partial charge is 0.497 e. The molecular formula is C13H16N2O3. The molecule has 0 amide bonds. The van der Waals surface area contributed by atoms with Gasteiger partial charge < -0.3 is 19.6 Å². The normalized spacial score (nSPS) is 10.4. The summed E-state index contributed by atoms with van der Waals surface area (Å²) in [6.45, 7) is 2.19. The standard InChI is InChI=1S/C13H16N2O3/c1-8-11(7-14)15-13(18-8)10-6-9(16-2)4-5-12(10)17-3/h4-6H,7,14H2,1-3H3. The van der Waals surface area contributed by atoms with E-state index < -0.39 is 0 Å². The summed E-state index contributed by atoms with van der Waals surface area (Å²) in [5, 5.41) is 0. The molecule has 2 aromatic rings. The maximum Gasteiger partial charge on any atom is 0.230 e. The number of nitrogens with two attached hydrogens (primary N) is 1. The molecule has 0 aliphatic rings. The Kier molecular flexibility index (Phi) is 3.53. The molecule has 2 rings (SSSR count). The molecule has 96 valence electrons. The van der Waals surface area contributed by atoms with Crippen molar-refractivity contribution in [1.29, 1.82) is 0 Å². The SMILES string of the molecule is COc1ccc(OC)c(-c2nc(CN)c(C)o2)c1. The second kappa shape index (κ2) is 5.10. The molecule has 0 bridgehead atoms. The van der Waals surface area contributed by atoms with Crippen molar-refractivity contribution in [1.82, 2.24) is 4.98 Å². The molecule has 0 aliphatic heterocycles. The fourth-order valence-corrected chi connectivity index (χ4v) is 1.71. The van der Waals surface area contributed by atoms with E-state index in [0.717, 1.165) is 22.8 Å². The lowest BCUT2D eigenvalue weighted by Crippen LogP contribution is -1.98. The van der Waals surface area contributed by atoms with Gasteiger partial charge in [0.25, 0.3) is 0 Å². The molecule has 1 aromatic carbocycles. The van der Waals surface area contributed by atoms with Gasteiger partial charge in [-0.05, 0) is 25.1 Å². The van der Waals surface area contributed by atoms with E-state index in [4.69, 9.17) is 19.6 Å². The van der Waals surface area contributed by atoms with Crippen molar-refractivity contribution in [3.63, 3.8) is 0 Å². The molecule has 0 unspecified atom stereocenters. The van der Waals surface area contributed by atoms with Crippen LogP contribution in [0.3, 0.4) is 0 Å². The predicted octanol–water partition coefficient (Wildman–Crippen LogP) is 2.13. The highest BCUT2D eigenvalue weighted by atomic mass is 16.5. The van der Waals surface area contributed by atoms with Crippen LogP contribution in [0.25, 0.3) is 11.5 Å². The van der Waals surface area contributed by atoms with Gasteiger partial charge >= 0.3 is 0 Å². The van der Waals surface area contributed by atoms with Gasteiger partial charge in [0.1, 0.15) is 17.3 Å². The number of hydrogen-bond acceptors (Lipinski definition) is 5. The summed E-state index contributed by atoms with van der Waals surface area (Å²) in [7, 11) is 3.21. The summed E-state index contributed by atoms with van der Waals surface area (Å²) < 4.78 is 16.1. The lowest BCUT2D eigenvalue weighted by atomic mass is 10.2. The minimum atomic E-state index is 0.349. The number of aromatic nitrogens is 1. The van der Waals surface area contributed by atoms with E-state index in [2.05, 4.69) is 4.98 Å². The van der Waals surface area contributed by atoms with E-state index in [1.165, 1.54) is 0 Å². The molecule has 1 aromatic heterocycles. The first-order valence-electron chi connectivity index (χ1n) is 5.58. The summed E-state index contributed by atoms with van der Waals surface area (Å²) in [5.74, 6) is 2.61. The third-order valence-corrected chi connectivity index (χ3v) is 2.72. The zero-order valence-electron chi connectivity index (χ0n) is 10.7. The Hall–Kier alpha value is -2.01. The molecule has 0 spiro atoms. The Bertz CT molecular complexity index is 549. The smallest absolute Gasteiger partial charge is 0.230 e. The van der Waals surface area contributed by atoms with Crippen LogP contribution in [0.4, 0.5) is 0 Å². The molecule has 2 N–H and O–H groups in total. The number of nitrogens with zero attached hydrogens (tertiary/aromatic N) is 1. The van der Waals surface area contributed by atoms with Crippen LogP contribution in [0.1, 0.15) is 11.5 Å². The van der Waals surface area contributed by atoms with Crippen LogP contribution in [0.15, 0.2) is 22.6 Å². The fraction of sp³-hybridized carbons (Fsp3) is 0.308. The Morgan fingerprint density at radius 1 is 1.28 bits per heavy atom. The molecule has 0 radical (unpaired) electrons. The monoisotopic (exact) mass is 248 g/mol. The zero-order valence-corrected chi connectivity index (χ0v) is 10.7. The predicted molar refractivity (Wildman–Crippen MR) is 67.7 cm³/mol. The van der Waals surface area contributed by atoms with Gasteiger partial charge in [-0.1, -0.05) is 0 Å². The van der Waals surface area contributed by atoms with Crippen LogP contribution in [0.2, 0.25) is 0 Å². The lowest BCUT2D eigenvalue weighted by Gasteiger charge is -2.07. The van der Waals surface area contributed by atoms with E-state index in [9.17, 15) is 0 Å². The number of aryl methyl sites for hydroxylation is 1.